The van der Waals surface area contributed by atoms with Crippen LogP contribution in [0.5, 0.6) is 0 Å². The van der Waals surface area contributed by atoms with Gasteiger partial charge in [-0.05, 0) is 23.3 Å². The Labute approximate surface area is 120 Å². The minimum Gasteiger partial charge on any atom is -0.390 e. The molecule has 0 radical (unpaired) electrons. The number of rotatable bonds is 2. The zero-order valence-electron chi connectivity index (χ0n) is 11.0. The lowest BCUT2D eigenvalue weighted by molar-refractivity contribution is 0.0857. The summed E-state index contributed by atoms with van der Waals surface area (Å²) in [6.07, 6.45) is -0.303. The maximum Gasteiger partial charge on any atom is 0.252 e. The molecule has 2 N–H and O–H groups in total. The predicted octanol–water partition coefficient (Wildman–Crippen LogP) is 2.35. The highest BCUT2D eigenvalue weighted by molar-refractivity contribution is 5.94. The molecule has 108 valence electrons. The molecule has 2 aromatic rings. The molecule has 5 heteroatoms. The second-order valence-electron chi connectivity index (χ2n) is 5.08. The highest BCUT2D eigenvalue weighted by Gasteiger charge is 2.32. The van der Waals surface area contributed by atoms with E-state index in [1.165, 1.54) is 0 Å². The van der Waals surface area contributed by atoms with Crippen molar-refractivity contribution in [2.75, 3.05) is 0 Å². The molecule has 0 unspecified atom stereocenters. The molecule has 0 saturated heterocycles. The van der Waals surface area contributed by atoms with E-state index in [9.17, 15) is 18.7 Å². The normalized spacial score (nSPS) is 20.1. The second kappa shape index (κ2) is 5.26. The van der Waals surface area contributed by atoms with Crippen LogP contribution >= 0.6 is 0 Å². The number of aliphatic hydroxyl groups is 1. The number of carbonyl (C=O) groups is 1. The number of aliphatic hydroxyl groups excluding tert-OH is 1. The first-order valence-corrected chi connectivity index (χ1v) is 6.57. The van der Waals surface area contributed by atoms with Crippen LogP contribution in [0.3, 0.4) is 0 Å². The summed E-state index contributed by atoms with van der Waals surface area (Å²) in [5.74, 6) is -2.24. The van der Waals surface area contributed by atoms with Gasteiger partial charge in [0.15, 0.2) is 0 Å². The lowest BCUT2D eigenvalue weighted by Crippen LogP contribution is -2.34. The molecule has 0 aromatic heterocycles. The number of benzene rings is 2. The number of amides is 1. The molecule has 1 aliphatic rings. The topological polar surface area (TPSA) is 49.3 Å². The van der Waals surface area contributed by atoms with E-state index in [1.807, 2.05) is 24.3 Å². The third-order valence-corrected chi connectivity index (χ3v) is 3.62. The third-order valence-electron chi connectivity index (χ3n) is 3.62. The van der Waals surface area contributed by atoms with E-state index in [0.29, 0.717) is 12.5 Å². The zero-order chi connectivity index (χ0) is 15.0. The van der Waals surface area contributed by atoms with Crippen molar-refractivity contribution >= 4 is 5.91 Å². The second-order valence-corrected chi connectivity index (χ2v) is 5.08. The Morgan fingerprint density at radius 3 is 2.52 bits per heavy atom. The van der Waals surface area contributed by atoms with E-state index in [4.69, 9.17) is 0 Å². The van der Waals surface area contributed by atoms with Crippen LogP contribution in [0.25, 0.3) is 0 Å². The van der Waals surface area contributed by atoms with Crippen LogP contribution in [0.4, 0.5) is 8.78 Å². The highest BCUT2D eigenvalue weighted by atomic mass is 19.1. The molecule has 21 heavy (non-hydrogen) atoms. The number of fused-ring (bicyclic) bond motifs is 1. The Hall–Kier alpha value is -2.27. The number of hydrogen-bond acceptors (Lipinski definition) is 2. The maximum atomic E-state index is 13.1. The van der Waals surface area contributed by atoms with Gasteiger partial charge in [-0.25, -0.2) is 8.78 Å². The monoisotopic (exact) mass is 289 g/mol. The fourth-order valence-electron chi connectivity index (χ4n) is 2.66. The zero-order valence-corrected chi connectivity index (χ0v) is 11.0. The molecule has 1 aliphatic carbocycles. The van der Waals surface area contributed by atoms with Crippen molar-refractivity contribution in [1.82, 2.24) is 5.32 Å². The quantitative estimate of drug-likeness (QED) is 0.891. The smallest absolute Gasteiger partial charge is 0.252 e. The molecule has 0 heterocycles. The van der Waals surface area contributed by atoms with Crippen LogP contribution in [0, 0.1) is 11.6 Å². The summed E-state index contributed by atoms with van der Waals surface area (Å²) in [7, 11) is 0. The Morgan fingerprint density at radius 2 is 1.81 bits per heavy atom. The molecule has 3 nitrogen and oxygen atoms in total. The molecule has 0 saturated carbocycles. The van der Waals surface area contributed by atoms with Crippen LogP contribution in [-0.4, -0.2) is 17.1 Å². The Morgan fingerprint density at radius 1 is 1.14 bits per heavy atom. The fourth-order valence-corrected chi connectivity index (χ4v) is 2.66. The summed E-state index contributed by atoms with van der Waals surface area (Å²) >= 11 is 0. The first-order chi connectivity index (χ1) is 10.0. The lowest BCUT2D eigenvalue weighted by atomic mass is 10.1. The van der Waals surface area contributed by atoms with Crippen molar-refractivity contribution < 1.29 is 18.7 Å². The van der Waals surface area contributed by atoms with Gasteiger partial charge in [0.25, 0.3) is 5.91 Å². The highest BCUT2D eigenvalue weighted by Crippen LogP contribution is 2.31. The van der Waals surface area contributed by atoms with Crippen LogP contribution in [0.2, 0.25) is 0 Å². The van der Waals surface area contributed by atoms with Crippen molar-refractivity contribution in [2.24, 2.45) is 0 Å². The van der Waals surface area contributed by atoms with Gasteiger partial charge >= 0.3 is 0 Å². The first kappa shape index (κ1) is 13.7. The van der Waals surface area contributed by atoms with Gasteiger partial charge < -0.3 is 10.4 Å². The van der Waals surface area contributed by atoms with Crippen molar-refractivity contribution in [2.45, 2.75) is 18.6 Å². The summed E-state index contributed by atoms with van der Waals surface area (Å²) in [6, 6.07) is 9.44. The van der Waals surface area contributed by atoms with Gasteiger partial charge in [-0.2, -0.15) is 0 Å². The molecule has 1 amide bonds. The number of carbonyl (C=O) groups excluding carboxylic acids is 1. The summed E-state index contributed by atoms with van der Waals surface area (Å²) in [5.41, 5.74) is 1.68. The molecule has 0 spiro atoms. The molecular formula is C16H13F2NO2. The van der Waals surface area contributed by atoms with Gasteiger partial charge in [0.05, 0.1) is 12.1 Å². The Bertz CT molecular complexity index is 682. The molecular weight excluding hydrogens is 276 g/mol. The molecule has 2 aromatic carbocycles. The minimum absolute atomic E-state index is 0.107. The molecule has 3 rings (SSSR count). The van der Waals surface area contributed by atoms with E-state index in [1.54, 1.807) is 0 Å². The fraction of sp³-hybridized carbons (Fsp3) is 0.188. The lowest BCUT2D eigenvalue weighted by Gasteiger charge is -2.18. The van der Waals surface area contributed by atoms with Crippen LogP contribution < -0.4 is 5.32 Å². The molecule has 0 fully saturated rings. The minimum atomic E-state index is -0.812. The molecule has 0 bridgehead atoms. The van der Waals surface area contributed by atoms with Crippen LogP contribution in [-0.2, 0) is 6.42 Å². The van der Waals surface area contributed by atoms with Gasteiger partial charge in [0.1, 0.15) is 11.6 Å². The van der Waals surface area contributed by atoms with Crippen molar-refractivity contribution in [1.29, 1.82) is 0 Å². The maximum absolute atomic E-state index is 13.1. The van der Waals surface area contributed by atoms with Gasteiger partial charge in [-0.1, -0.05) is 24.3 Å². The van der Waals surface area contributed by atoms with Gasteiger partial charge in [-0.3, -0.25) is 4.79 Å². The van der Waals surface area contributed by atoms with E-state index in [2.05, 4.69) is 5.32 Å². The van der Waals surface area contributed by atoms with E-state index in [0.717, 1.165) is 23.3 Å². The number of hydrogen-bond donors (Lipinski definition) is 2. The Balaban J connectivity index is 1.85. The Kier molecular flexibility index (Phi) is 3.43. The van der Waals surface area contributed by atoms with Gasteiger partial charge in [0.2, 0.25) is 0 Å². The third kappa shape index (κ3) is 2.64. The van der Waals surface area contributed by atoms with E-state index >= 15 is 0 Å². The standard InChI is InChI=1S/C16H13F2NO2/c17-11-5-10(6-12(18)8-11)16(21)19-15-13-4-2-1-3-9(13)7-14(15)20/h1-6,8,14-15,20H,7H2,(H,19,21)/t14-,15+/m1/s1. The van der Waals surface area contributed by atoms with Crippen molar-refractivity contribution in [3.63, 3.8) is 0 Å². The van der Waals surface area contributed by atoms with Crippen molar-refractivity contribution in [3.05, 3.63) is 70.8 Å². The number of nitrogens with one attached hydrogen (secondary N) is 1. The van der Waals surface area contributed by atoms with E-state index in [-0.39, 0.29) is 5.56 Å². The SMILES string of the molecule is O=C(N[C@H]1c2ccccc2C[C@H]1O)c1cc(F)cc(F)c1. The summed E-state index contributed by atoms with van der Waals surface area (Å²) in [4.78, 5) is 12.1. The summed E-state index contributed by atoms with van der Waals surface area (Å²) in [5, 5.41) is 12.7. The number of halogens is 2. The van der Waals surface area contributed by atoms with Crippen LogP contribution in [0.15, 0.2) is 42.5 Å². The largest absolute Gasteiger partial charge is 0.390 e. The summed E-state index contributed by atoms with van der Waals surface area (Å²) < 4.78 is 26.3. The first-order valence-electron chi connectivity index (χ1n) is 6.57. The van der Waals surface area contributed by atoms with Gasteiger partial charge in [0, 0.05) is 18.1 Å². The van der Waals surface area contributed by atoms with E-state index < -0.39 is 29.7 Å². The molecule has 2 atom stereocenters. The molecule has 0 aliphatic heterocycles. The van der Waals surface area contributed by atoms with Crippen LogP contribution in [0.1, 0.15) is 27.5 Å². The van der Waals surface area contributed by atoms with Gasteiger partial charge in [-0.15, -0.1) is 0 Å². The predicted molar refractivity (Wildman–Crippen MR) is 72.7 cm³/mol. The van der Waals surface area contributed by atoms with Crippen molar-refractivity contribution in [3.8, 4) is 0 Å². The average molecular weight is 289 g/mol. The summed E-state index contributed by atoms with van der Waals surface area (Å²) in [6.45, 7) is 0. The average Bonchev–Trinajstić information content (AvgIpc) is 2.74.